The van der Waals surface area contributed by atoms with E-state index in [0.29, 0.717) is 12.5 Å². The van der Waals surface area contributed by atoms with Gasteiger partial charge in [-0.2, -0.15) is 0 Å². The summed E-state index contributed by atoms with van der Waals surface area (Å²) < 4.78 is 18.6. The molecule has 1 N–H and O–H groups in total. The fourth-order valence-corrected chi connectivity index (χ4v) is 2.95. The van der Waals surface area contributed by atoms with Crippen molar-refractivity contribution in [2.45, 2.75) is 12.8 Å². The van der Waals surface area contributed by atoms with Crippen LogP contribution in [0.4, 0.5) is 10.1 Å². The number of ether oxygens (including phenoxy) is 1. The zero-order valence-corrected chi connectivity index (χ0v) is 14.0. The van der Waals surface area contributed by atoms with E-state index < -0.39 is 5.82 Å². The van der Waals surface area contributed by atoms with Gasteiger partial charge in [-0.1, -0.05) is 12.1 Å². The van der Waals surface area contributed by atoms with Crippen molar-refractivity contribution in [2.24, 2.45) is 5.92 Å². The third-order valence-corrected chi connectivity index (χ3v) is 4.41. The molecule has 25 heavy (non-hydrogen) atoms. The van der Waals surface area contributed by atoms with Gasteiger partial charge in [-0.3, -0.25) is 9.78 Å². The smallest absolute Gasteiger partial charge is 0.257 e. The van der Waals surface area contributed by atoms with Gasteiger partial charge in [0.05, 0.1) is 11.9 Å². The molecule has 2 aromatic rings. The molecule has 0 spiro atoms. The van der Waals surface area contributed by atoms with Crippen LogP contribution in [-0.4, -0.2) is 37.1 Å². The normalized spacial score (nSPS) is 15.0. The number of pyridine rings is 1. The fraction of sp³-hybridized carbons (Fsp3) is 0.368. The number of aromatic nitrogens is 1. The highest BCUT2D eigenvalue weighted by molar-refractivity contribution is 5.77. The first kappa shape index (κ1) is 17.2. The predicted octanol–water partition coefficient (Wildman–Crippen LogP) is 2.63. The zero-order valence-electron chi connectivity index (χ0n) is 14.0. The summed E-state index contributed by atoms with van der Waals surface area (Å²) in [7, 11) is 0. The highest BCUT2D eigenvalue weighted by atomic mass is 19.1. The van der Waals surface area contributed by atoms with Crippen LogP contribution in [0.1, 0.15) is 12.8 Å². The van der Waals surface area contributed by atoms with Crippen LogP contribution >= 0.6 is 0 Å². The number of amides is 1. The Labute approximate surface area is 146 Å². The number of rotatable bonds is 6. The molecule has 5 nitrogen and oxygen atoms in total. The van der Waals surface area contributed by atoms with Gasteiger partial charge in [0.15, 0.2) is 18.2 Å². The van der Waals surface area contributed by atoms with Crippen LogP contribution < -0.4 is 15.0 Å². The molecular weight excluding hydrogens is 321 g/mol. The van der Waals surface area contributed by atoms with Crippen LogP contribution in [0.3, 0.4) is 0 Å². The van der Waals surface area contributed by atoms with Crippen molar-refractivity contribution in [1.82, 2.24) is 10.3 Å². The third-order valence-electron chi connectivity index (χ3n) is 4.41. The monoisotopic (exact) mass is 343 g/mol. The summed E-state index contributed by atoms with van der Waals surface area (Å²) in [5.74, 6) is -0.135. The first-order chi connectivity index (χ1) is 12.2. The number of hydrogen-bond donors (Lipinski definition) is 1. The number of carbonyl (C=O) groups is 1. The summed E-state index contributed by atoms with van der Waals surface area (Å²) in [5, 5.41) is 2.88. The Bertz CT molecular complexity index is 688. The van der Waals surface area contributed by atoms with Gasteiger partial charge < -0.3 is 15.0 Å². The molecule has 3 rings (SSSR count). The first-order valence-electron chi connectivity index (χ1n) is 8.51. The topological polar surface area (TPSA) is 54.5 Å². The molecular formula is C19H22FN3O2. The summed E-state index contributed by atoms with van der Waals surface area (Å²) in [4.78, 5) is 18.3. The van der Waals surface area contributed by atoms with E-state index in [4.69, 9.17) is 4.74 Å². The Morgan fingerprint density at radius 3 is 2.76 bits per heavy atom. The summed E-state index contributed by atoms with van der Waals surface area (Å²) in [6, 6.07) is 10.1. The van der Waals surface area contributed by atoms with Crippen molar-refractivity contribution >= 4 is 11.6 Å². The average molecular weight is 343 g/mol. The van der Waals surface area contributed by atoms with E-state index in [1.807, 2.05) is 12.3 Å². The molecule has 2 heterocycles. The van der Waals surface area contributed by atoms with Crippen molar-refractivity contribution in [2.75, 3.05) is 31.1 Å². The number of benzene rings is 1. The van der Waals surface area contributed by atoms with Crippen LogP contribution in [0.15, 0.2) is 48.8 Å². The van der Waals surface area contributed by atoms with Gasteiger partial charge >= 0.3 is 0 Å². The number of carbonyl (C=O) groups excluding carboxylic acids is 1. The minimum absolute atomic E-state index is 0.0995. The van der Waals surface area contributed by atoms with E-state index in [9.17, 15) is 9.18 Å². The standard InChI is InChI=1S/C19H22FN3O2/c20-17-5-1-2-6-18(17)25-14-19(24)22-12-15-7-10-23(11-8-15)16-4-3-9-21-13-16/h1-6,9,13,15H,7-8,10-12,14H2,(H,22,24). The van der Waals surface area contributed by atoms with E-state index in [-0.39, 0.29) is 18.3 Å². The second-order valence-electron chi connectivity index (χ2n) is 6.16. The van der Waals surface area contributed by atoms with Gasteiger partial charge in [0.2, 0.25) is 0 Å². The highest BCUT2D eigenvalue weighted by Crippen LogP contribution is 2.22. The highest BCUT2D eigenvalue weighted by Gasteiger charge is 2.20. The molecule has 0 unspecified atom stereocenters. The maximum Gasteiger partial charge on any atom is 0.257 e. The minimum atomic E-state index is -0.460. The van der Waals surface area contributed by atoms with E-state index in [0.717, 1.165) is 31.6 Å². The average Bonchev–Trinajstić information content (AvgIpc) is 2.67. The molecule has 0 atom stereocenters. The van der Waals surface area contributed by atoms with E-state index >= 15 is 0 Å². The maximum absolute atomic E-state index is 13.4. The molecule has 6 heteroatoms. The van der Waals surface area contributed by atoms with Crippen molar-refractivity contribution in [3.8, 4) is 5.75 Å². The second-order valence-corrected chi connectivity index (χ2v) is 6.16. The van der Waals surface area contributed by atoms with Gasteiger partial charge in [0, 0.05) is 25.8 Å². The lowest BCUT2D eigenvalue weighted by molar-refractivity contribution is -0.123. The number of nitrogens with one attached hydrogen (secondary N) is 1. The predicted molar refractivity (Wildman–Crippen MR) is 94.1 cm³/mol. The fourth-order valence-electron chi connectivity index (χ4n) is 2.95. The molecule has 1 fully saturated rings. The van der Waals surface area contributed by atoms with E-state index in [2.05, 4.69) is 21.3 Å². The van der Waals surface area contributed by atoms with Gasteiger partial charge in [0.25, 0.3) is 5.91 Å². The summed E-state index contributed by atoms with van der Waals surface area (Å²) in [6.45, 7) is 2.37. The van der Waals surface area contributed by atoms with Gasteiger partial charge in [-0.15, -0.1) is 0 Å². The summed E-state index contributed by atoms with van der Waals surface area (Å²) in [6.07, 6.45) is 5.68. The lowest BCUT2D eigenvalue weighted by Crippen LogP contribution is -2.39. The van der Waals surface area contributed by atoms with Gasteiger partial charge in [-0.05, 0) is 43.0 Å². The second kappa shape index (κ2) is 8.46. The van der Waals surface area contributed by atoms with Crippen LogP contribution in [0.5, 0.6) is 5.75 Å². The van der Waals surface area contributed by atoms with Gasteiger partial charge in [0.1, 0.15) is 0 Å². The minimum Gasteiger partial charge on any atom is -0.481 e. The first-order valence-corrected chi connectivity index (χ1v) is 8.51. The maximum atomic E-state index is 13.4. The third kappa shape index (κ3) is 4.92. The van der Waals surface area contributed by atoms with Crippen molar-refractivity contribution in [3.63, 3.8) is 0 Å². The summed E-state index contributed by atoms with van der Waals surface area (Å²) >= 11 is 0. The number of para-hydroxylation sites is 1. The van der Waals surface area contributed by atoms with Crippen LogP contribution in [0.2, 0.25) is 0 Å². The molecule has 1 aromatic heterocycles. The molecule has 1 aromatic carbocycles. The summed E-state index contributed by atoms with van der Waals surface area (Å²) in [5.41, 5.74) is 1.14. The lowest BCUT2D eigenvalue weighted by atomic mass is 9.96. The molecule has 0 radical (unpaired) electrons. The Morgan fingerprint density at radius 2 is 2.04 bits per heavy atom. The van der Waals surface area contributed by atoms with Crippen molar-refractivity contribution in [1.29, 1.82) is 0 Å². The number of hydrogen-bond acceptors (Lipinski definition) is 4. The number of piperidine rings is 1. The molecule has 0 aliphatic carbocycles. The largest absolute Gasteiger partial charge is 0.481 e. The SMILES string of the molecule is O=C(COc1ccccc1F)NCC1CCN(c2cccnc2)CC1. The number of nitrogens with zero attached hydrogens (tertiary/aromatic N) is 2. The Hall–Kier alpha value is -2.63. The van der Waals surface area contributed by atoms with Gasteiger partial charge in [-0.25, -0.2) is 4.39 Å². The zero-order chi connectivity index (χ0) is 17.5. The molecule has 0 saturated carbocycles. The number of anilines is 1. The molecule has 132 valence electrons. The van der Waals surface area contributed by atoms with Crippen LogP contribution in [0.25, 0.3) is 0 Å². The lowest BCUT2D eigenvalue weighted by Gasteiger charge is -2.33. The van der Waals surface area contributed by atoms with Crippen molar-refractivity contribution < 1.29 is 13.9 Å². The molecule has 1 amide bonds. The Morgan fingerprint density at radius 1 is 1.24 bits per heavy atom. The van der Waals surface area contributed by atoms with Crippen LogP contribution in [-0.2, 0) is 4.79 Å². The molecule has 1 saturated heterocycles. The molecule has 1 aliphatic heterocycles. The van der Waals surface area contributed by atoms with Crippen LogP contribution in [0, 0.1) is 11.7 Å². The quantitative estimate of drug-likeness (QED) is 0.876. The van der Waals surface area contributed by atoms with E-state index in [1.165, 1.54) is 12.1 Å². The molecule has 1 aliphatic rings. The molecule has 0 bridgehead atoms. The number of halogens is 1. The Kier molecular flexibility index (Phi) is 5.82. The van der Waals surface area contributed by atoms with E-state index in [1.54, 1.807) is 18.3 Å². The Balaban J connectivity index is 1.37. The van der Waals surface area contributed by atoms with Crippen molar-refractivity contribution in [3.05, 3.63) is 54.6 Å².